The van der Waals surface area contributed by atoms with E-state index in [-0.39, 0.29) is 24.0 Å². The number of hydrogen-bond donors (Lipinski definition) is 1. The molecule has 2 aromatic rings. The SMILES string of the molecule is C=CCCCN(C)C(=NC)NCc1nc(-c2ccccc2)cs1.I. The first-order valence-electron chi connectivity index (χ1n) is 7.77. The molecule has 130 valence electrons. The maximum absolute atomic E-state index is 4.69. The van der Waals surface area contributed by atoms with E-state index in [1.165, 1.54) is 0 Å². The molecule has 0 aliphatic heterocycles. The first-order valence-corrected chi connectivity index (χ1v) is 8.65. The zero-order valence-electron chi connectivity index (χ0n) is 14.2. The van der Waals surface area contributed by atoms with E-state index in [4.69, 9.17) is 4.98 Å². The molecule has 0 amide bonds. The van der Waals surface area contributed by atoms with Gasteiger partial charge in [-0.1, -0.05) is 36.4 Å². The molecule has 1 N–H and O–H groups in total. The van der Waals surface area contributed by atoms with Crippen molar-refractivity contribution in [3.8, 4) is 11.3 Å². The summed E-state index contributed by atoms with van der Waals surface area (Å²) in [6.07, 6.45) is 4.05. The smallest absolute Gasteiger partial charge is 0.193 e. The van der Waals surface area contributed by atoms with Gasteiger partial charge in [0, 0.05) is 31.6 Å². The van der Waals surface area contributed by atoms with Crippen LogP contribution in [0.4, 0.5) is 0 Å². The van der Waals surface area contributed by atoms with Crippen molar-refractivity contribution in [2.45, 2.75) is 19.4 Å². The van der Waals surface area contributed by atoms with Gasteiger partial charge >= 0.3 is 0 Å². The minimum absolute atomic E-state index is 0. The lowest BCUT2D eigenvalue weighted by Gasteiger charge is -2.21. The molecule has 0 unspecified atom stereocenters. The fourth-order valence-electron chi connectivity index (χ4n) is 2.25. The number of rotatable bonds is 7. The zero-order valence-corrected chi connectivity index (χ0v) is 17.4. The fraction of sp³-hybridized carbons (Fsp3) is 0.333. The molecule has 0 fully saturated rings. The van der Waals surface area contributed by atoms with E-state index in [9.17, 15) is 0 Å². The molecular weight excluding hydrogens is 431 g/mol. The summed E-state index contributed by atoms with van der Waals surface area (Å²) in [6.45, 7) is 5.40. The lowest BCUT2D eigenvalue weighted by molar-refractivity contribution is 0.470. The second-order valence-electron chi connectivity index (χ2n) is 5.25. The Balaban J connectivity index is 0.00000288. The van der Waals surface area contributed by atoms with Crippen LogP contribution < -0.4 is 5.32 Å². The molecule has 0 bridgehead atoms. The highest BCUT2D eigenvalue weighted by atomic mass is 127. The minimum atomic E-state index is 0. The molecule has 0 saturated heterocycles. The van der Waals surface area contributed by atoms with E-state index in [1.807, 2.05) is 31.3 Å². The van der Waals surface area contributed by atoms with Crippen LogP contribution in [0.1, 0.15) is 17.8 Å². The zero-order chi connectivity index (χ0) is 16.5. The Morgan fingerprint density at radius 1 is 1.38 bits per heavy atom. The molecule has 2 rings (SSSR count). The number of aromatic nitrogens is 1. The Morgan fingerprint density at radius 3 is 2.79 bits per heavy atom. The first-order chi connectivity index (χ1) is 11.2. The van der Waals surface area contributed by atoms with Gasteiger partial charge in [-0.2, -0.15) is 0 Å². The van der Waals surface area contributed by atoms with E-state index >= 15 is 0 Å². The highest BCUT2D eigenvalue weighted by Gasteiger charge is 2.08. The summed E-state index contributed by atoms with van der Waals surface area (Å²) < 4.78 is 0. The molecule has 4 nitrogen and oxygen atoms in total. The number of nitrogens with one attached hydrogen (secondary N) is 1. The van der Waals surface area contributed by atoms with Crippen molar-refractivity contribution in [2.24, 2.45) is 4.99 Å². The molecule has 0 atom stereocenters. The molecular formula is C18H25IN4S. The van der Waals surface area contributed by atoms with E-state index in [0.717, 1.165) is 41.6 Å². The van der Waals surface area contributed by atoms with Gasteiger partial charge in [-0.25, -0.2) is 4.98 Å². The average Bonchev–Trinajstić information content (AvgIpc) is 3.05. The standard InChI is InChI=1S/C18H24N4S.HI/c1-4-5-9-12-22(3)18(19-2)20-13-17-21-16(14-23-17)15-10-7-6-8-11-15;/h4,6-8,10-11,14H,1,5,9,12-13H2,2-3H3,(H,19,20);1H. The highest BCUT2D eigenvalue weighted by molar-refractivity contribution is 14.0. The molecule has 0 spiro atoms. The number of nitrogens with zero attached hydrogens (tertiary/aromatic N) is 3. The van der Waals surface area contributed by atoms with Gasteiger partial charge in [-0.05, 0) is 12.8 Å². The monoisotopic (exact) mass is 456 g/mol. The van der Waals surface area contributed by atoms with E-state index in [2.05, 4.69) is 46.3 Å². The summed E-state index contributed by atoms with van der Waals surface area (Å²) in [6, 6.07) is 10.3. The highest BCUT2D eigenvalue weighted by Crippen LogP contribution is 2.21. The molecule has 0 aliphatic carbocycles. The Bertz CT molecular complexity index is 639. The first kappa shape index (κ1) is 20.6. The van der Waals surface area contributed by atoms with Gasteiger partial charge in [0.05, 0.1) is 12.2 Å². The van der Waals surface area contributed by atoms with Crippen LogP contribution in [0.15, 0.2) is 53.4 Å². The third kappa shape index (κ3) is 6.24. The molecule has 6 heteroatoms. The number of thiazole rings is 1. The van der Waals surface area contributed by atoms with Crippen molar-refractivity contribution >= 4 is 41.3 Å². The lowest BCUT2D eigenvalue weighted by atomic mass is 10.2. The molecule has 0 saturated carbocycles. The van der Waals surface area contributed by atoms with Crippen molar-refractivity contribution in [1.29, 1.82) is 0 Å². The largest absolute Gasteiger partial charge is 0.350 e. The Hall–Kier alpha value is -1.41. The molecule has 24 heavy (non-hydrogen) atoms. The number of aliphatic imine (C=N–C) groups is 1. The maximum atomic E-state index is 4.69. The van der Waals surface area contributed by atoms with Crippen LogP contribution in [0.5, 0.6) is 0 Å². The van der Waals surface area contributed by atoms with Gasteiger partial charge < -0.3 is 10.2 Å². The summed E-state index contributed by atoms with van der Waals surface area (Å²) in [5.74, 6) is 0.894. The van der Waals surface area contributed by atoms with Gasteiger partial charge in [0.15, 0.2) is 5.96 Å². The molecule has 1 aromatic carbocycles. The summed E-state index contributed by atoms with van der Waals surface area (Å²) in [5, 5.41) is 6.54. The van der Waals surface area contributed by atoms with Crippen LogP contribution in [0.3, 0.4) is 0 Å². The van der Waals surface area contributed by atoms with Gasteiger partial charge in [-0.15, -0.1) is 41.9 Å². The van der Waals surface area contributed by atoms with Crippen LogP contribution >= 0.6 is 35.3 Å². The predicted octanol–water partition coefficient (Wildman–Crippen LogP) is 4.40. The van der Waals surface area contributed by atoms with Crippen LogP contribution in [0.2, 0.25) is 0 Å². The Kier molecular flexibility index (Phi) is 9.63. The fourth-order valence-corrected chi connectivity index (χ4v) is 2.99. The molecule has 0 radical (unpaired) electrons. The Morgan fingerprint density at radius 2 is 2.12 bits per heavy atom. The van der Waals surface area contributed by atoms with E-state index < -0.39 is 0 Å². The molecule has 1 heterocycles. The molecule has 0 aliphatic rings. The second-order valence-corrected chi connectivity index (χ2v) is 6.19. The number of benzene rings is 1. The van der Waals surface area contributed by atoms with Gasteiger partial charge in [-0.3, -0.25) is 4.99 Å². The van der Waals surface area contributed by atoms with Gasteiger partial charge in [0.2, 0.25) is 0 Å². The van der Waals surface area contributed by atoms with Crippen molar-refractivity contribution in [3.63, 3.8) is 0 Å². The average molecular weight is 456 g/mol. The van der Waals surface area contributed by atoms with E-state index in [0.29, 0.717) is 6.54 Å². The van der Waals surface area contributed by atoms with Gasteiger partial charge in [0.1, 0.15) is 5.01 Å². The summed E-state index contributed by atoms with van der Waals surface area (Å²) >= 11 is 1.67. The van der Waals surface area contributed by atoms with Crippen molar-refractivity contribution in [2.75, 3.05) is 20.6 Å². The summed E-state index contributed by atoms with van der Waals surface area (Å²) in [4.78, 5) is 11.2. The number of halogens is 1. The lowest BCUT2D eigenvalue weighted by Crippen LogP contribution is -2.38. The quantitative estimate of drug-likeness (QED) is 0.221. The molecule has 1 aromatic heterocycles. The van der Waals surface area contributed by atoms with E-state index in [1.54, 1.807) is 11.3 Å². The third-order valence-corrected chi connectivity index (χ3v) is 4.34. The van der Waals surface area contributed by atoms with Crippen molar-refractivity contribution in [3.05, 3.63) is 53.4 Å². The van der Waals surface area contributed by atoms with Crippen LogP contribution in [0.25, 0.3) is 11.3 Å². The number of hydrogen-bond acceptors (Lipinski definition) is 3. The summed E-state index contributed by atoms with van der Waals surface area (Å²) in [5.41, 5.74) is 2.18. The van der Waals surface area contributed by atoms with Crippen molar-refractivity contribution < 1.29 is 0 Å². The number of allylic oxidation sites excluding steroid dienone is 1. The van der Waals surface area contributed by atoms with Crippen LogP contribution in [-0.4, -0.2) is 36.5 Å². The maximum Gasteiger partial charge on any atom is 0.193 e. The Labute approximate surface area is 165 Å². The van der Waals surface area contributed by atoms with Crippen molar-refractivity contribution in [1.82, 2.24) is 15.2 Å². The predicted molar refractivity (Wildman–Crippen MR) is 115 cm³/mol. The minimum Gasteiger partial charge on any atom is -0.350 e. The topological polar surface area (TPSA) is 40.5 Å². The normalized spacial score (nSPS) is 10.8. The van der Waals surface area contributed by atoms with Crippen LogP contribution in [-0.2, 0) is 6.54 Å². The summed E-state index contributed by atoms with van der Waals surface area (Å²) in [7, 11) is 3.86. The van der Waals surface area contributed by atoms with Gasteiger partial charge in [0.25, 0.3) is 0 Å². The third-order valence-electron chi connectivity index (χ3n) is 3.49. The number of unbranched alkanes of at least 4 members (excludes halogenated alkanes) is 1. The second kappa shape index (κ2) is 11.2. The van der Waals surface area contributed by atoms with Crippen LogP contribution in [0, 0.1) is 0 Å². The number of guanidine groups is 1.